The summed E-state index contributed by atoms with van der Waals surface area (Å²) in [5, 5.41) is 7.57. The summed E-state index contributed by atoms with van der Waals surface area (Å²) in [6, 6.07) is 12.1. The smallest absolute Gasteiger partial charge is 0.191 e. The van der Waals surface area contributed by atoms with Crippen molar-refractivity contribution in [1.82, 2.24) is 15.6 Å². The molecule has 1 aliphatic rings. The lowest BCUT2D eigenvalue weighted by atomic mass is 10.2. The normalized spacial score (nSPS) is 16.5. The highest BCUT2D eigenvalue weighted by molar-refractivity contribution is 14.0. The Hall–Kier alpha value is -1.74. The highest BCUT2D eigenvalue weighted by Gasteiger charge is 2.25. The molecule has 0 saturated carbocycles. The van der Waals surface area contributed by atoms with Crippen LogP contribution in [-0.4, -0.2) is 43.2 Å². The van der Waals surface area contributed by atoms with Crippen LogP contribution in [0.4, 0.5) is 5.82 Å². The molecule has 0 spiro atoms. The number of guanidine groups is 1. The number of nitrogens with zero attached hydrogens (tertiary/aromatic N) is 3. The first-order valence-corrected chi connectivity index (χ1v) is 10.0. The summed E-state index contributed by atoms with van der Waals surface area (Å²) in [6.45, 7) is 6.49. The summed E-state index contributed by atoms with van der Waals surface area (Å²) < 4.78 is 5.76. The predicted molar refractivity (Wildman–Crippen MR) is 131 cm³/mol. The Morgan fingerprint density at radius 2 is 2.17 bits per heavy atom. The molecule has 3 rings (SSSR count). The molecule has 0 radical (unpaired) electrons. The molecule has 0 amide bonds. The van der Waals surface area contributed by atoms with Crippen molar-refractivity contribution in [2.45, 2.75) is 39.0 Å². The lowest BCUT2D eigenvalue weighted by molar-refractivity contribution is 0.242. The van der Waals surface area contributed by atoms with Gasteiger partial charge < -0.3 is 20.3 Å². The first kappa shape index (κ1) is 23.5. The van der Waals surface area contributed by atoms with E-state index in [2.05, 4.69) is 37.6 Å². The van der Waals surface area contributed by atoms with E-state index in [1.807, 2.05) is 38.1 Å². The van der Waals surface area contributed by atoms with Crippen LogP contribution in [0.25, 0.3) is 0 Å². The number of ether oxygens (including phenoxy) is 1. The van der Waals surface area contributed by atoms with Crippen LogP contribution in [0.15, 0.2) is 47.6 Å². The molecule has 2 heterocycles. The van der Waals surface area contributed by atoms with Crippen LogP contribution in [0.2, 0.25) is 5.02 Å². The molecular formula is C21H29ClIN5O. The molecule has 2 N–H and O–H groups in total. The third kappa shape index (κ3) is 6.92. The van der Waals surface area contributed by atoms with Gasteiger partial charge in [0.2, 0.25) is 0 Å². The lowest BCUT2D eigenvalue weighted by Gasteiger charge is -2.20. The van der Waals surface area contributed by atoms with Gasteiger partial charge in [-0.3, -0.25) is 4.99 Å². The van der Waals surface area contributed by atoms with Gasteiger partial charge in [-0.1, -0.05) is 23.7 Å². The number of rotatable bonds is 6. The second kappa shape index (κ2) is 11.4. The molecule has 8 heteroatoms. The van der Waals surface area contributed by atoms with Crippen molar-refractivity contribution in [2.75, 3.05) is 25.0 Å². The number of pyridine rings is 1. The topological polar surface area (TPSA) is 61.8 Å². The van der Waals surface area contributed by atoms with E-state index in [9.17, 15) is 0 Å². The molecule has 0 aliphatic carbocycles. The van der Waals surface area contributed by atoms with Gasteiger partial charge in [-0.2, -0.15) is 0 Å². The Balaban J connectivity index is 0.00000300. The fourth-order valence-electron chi connectivity index (χ4n) is 3.26. The Labute approximate surface area is 195 Å². The van der Waals surface area contributed by atoms with E-state index in [1.165, 1.54) is 0 Å². The number of aromatic nitrogens is 1. The minimum atomic E-state index is 0. The lowest BCUT2D eigenvalue weighted by Crippen LogP contribution is -2.44. The maximum absolute atomic E-state index is 6.28. The number of aliphatic imine (C=N–C) groups is 1. The van der Waals surface area contributed by atoms with E-state index in [0.717, 1.165) is 42.6 Å². The molecule has 2 aromatic rings. The summed E-state index contributed by atoms with van der Waals surface area (Å²) in [6.07, 6.45) is 2.95. The van der Waals surface area contributed by atoms with Gasteiger partial charge in [0.05, 0.1) is 11.1 Å². The summed E-state index contributed by atoms with van der Waals surface area (Å²) in [5.41, 5.74) is 1.15. The van der Waals surface area contributed by atoms with E-state index in [1.54, 1.807) is 13.2 Å². The average molecular weight is 530 g/mol. The van der Waals surface area contributed by atoms with Gasteiger partial charge >= 0.3 is 0 Å². The quantitative estimate of drug-likeness (QED) is 0.335. The van der Waals surface area contributed by atoms with E-state index in [0.29, 0.717) is 17.6 Å². The molecule has 29 heavy (non-hydrogen) atoms. The van der Waals surface area contributed by atoms with Gasteiger partial charge in [0.1, 0.15) is 11.6 Å². The van der Waals surface area contributed by atoms with Crippen molar-refractivity contribution < 1.29 is 4.74 Å². The molecule has 6 nitrogen and oxygen atoms in total. The van der Waals surface area contributed by atoms with Crippen molar-refractivity contribution in [2.24, 2.45) is 4.99 Å². The molecule has 158 valence electrons. The number of halogens is 2. The van der Waals surface area contributed by atoms with Crippen LogP contribution < -0.4 is 20.3 Å². The SMILES string of the molecule is CN=C(NCc1cccc(OC(C)C)c1)NC1CCN(c2ncccc2Cl)C1.I. The number of nitrogens with one attached hydrogen (secondary N) is 2. The molecule has 1 aliphatic heterocycles. The first-order chi connectivity index (χ1) is 13.5. The standard InChI is InChI=1S/C21H28ClN5O.HI/c1-15(2)28-18-7-4-6-16(12-18)13-25-21(23-3)26-17-9-11-27(14-17)20-19(22)8-5-10-24-20;/h4-8,10,12,15,17H,9,11,13-14H2,1-3H3,(H2,23,25,26);1H. The van der Waals surface area contributed by atoms with E-state index in [-0.39, 0.29) is 30.1 Å². The third-order valence-corrected chi connectivity index (χ3v) is 4.82. The third-order valence-electron chi connectivity index (χ3n) is 4.52. The van der Waals surface area contributed by atoms with Gasteiger partial charge in [-0.25, -0.2) is 4.98 Å². The highest BCUT2D eigenvalue weighted by atomic mass is 127. The summed E-state index contributed by atoms with van der Waals surface area (Å²) in [7, 11) is 1.79. The van der Waals surface area contributed by atoms with Crippen LogP contribution in [0.1, 0.15) is 25.8 Å². The Kier molecular flexibility index (Phi) is 9.29. The van der Waals surface area contributed by atoms with E-state index < -0.39 is 0 Å². The molecule has 0 bridgehead atoms. The van der Waals surface area contributed by atoms with Gasteiger partial charge in [0.15, 0.2) is 5.96 Å². The molecule has 1 unspecified atom stereocenters. The maximum atomic E-state index is 6.28. The van der Waals surface area contributed by atoms with E-state index in [4.69, 9.17) is 16.3 Å². The molecule has 1 aromatic heterocycles. The zero-order chi connectivity index (χ0) is 19.9. The first-order valence-electron chi connectivity index (χ1n) is 9.63. The summed E-state index contributed by atoms with van der Waals surface area (Å²) in [4.78, 5) is 11.0. The van der Waals surface area contributed by atoms with Gasteiger partial charge in [-0.15, -0.1) is 24.0 Å². The second-order valence-electron chi connectivity index (χ2n) is 7.12. The molecular weight excluding hydrogens is 501 g/mol. The number of anilines is 1. The number of hydrogen-bond acceptors (Lipinski definition) is 4. The minimum Gasteiger partial charge on any atom is -0.491 e. The molecule has 1 fully saturated rings. The van der Waals surface area contributed by atoms with Gasteiger partial charge in [-0.05, 0) is 50.1 Å². The van der Waals surface area contributed by atoms with Crippen molar-refractivity contribution in [3.63, 3.8) is 0 Å². The van der Waals surface area contributed by atoms with Gasteiger partial charge in [0.25, 0.3) is 0 Å². The number of hydrogen-bond donors (Lipinski definition) is 2. The summed E-state index contributed by atoms with van der Waals surface area (Å²) >= 11 is 6.28. The Bertz CT molecular complexity index is 817. The zero-order valence-electron chi connectivity index (χ0n) is 17.1. The van der Waals surface area contributed by atoms with Crippen LogP contribution in [-0.2, 0) is 6.54 Å². The van der Waals surface area contributed by atoms with Gasteiger partial charge in [0, 0.05) is 38.9 Å². The minimum absolute atomic E-state index is 0. The Morgan fingerprint density at radius 3 is 2.90 bits per heavy atom. The van der Waals surface area contributed by atoms with Crippen LogP contribution in [0, 0.1) is 0 Å². The fourth-order valence-corrected chi connectivity index (χ4v) is 3.50. The predicted octanol–water partition coefficient (Wildman–Crippen LogP) is 4.08. The average Bonchev–Trinajstić information content (AvgIpc) is 3.13. The summed E-state index contributed by atoms with van der Waals surface area (Å²) in [5.74, 6) is 2.52. The van der Waals surface area contributed by atoms with Crippen molar-refractivity contribution in [1.29, 1.82) is 0 Å². The van der Waals surface area contributed by atoms with Crippen molar-refractivity contribution in [3.05, 3.63) is 53.2 Å². The largest absolute Gasteiger partial charge is 0.491 e. The van der Waals surface area contributed by atoms with Crippen molar-refractivity contribution >= 4 is 47.4 Å². The molecule has 1 aromatic carbocycles. The fraction of sp³-hybridized carbons (Fsp3) is 0.429. The molecule has 1 saturated heterocycles. The maximum Gasteiger partial charge on any atom is 0.191 e. The molecule has 1 atom stereocenters. The zero-order valence-corrected chi connectivity index (χ0v) is 20.1. The van der Waals surface area contributed by atoms with Crippen LogP contribution in [0.5, 0.6) is 5.75 Å². The van der Waals surface area contributed by atoms with E-state index >= 15 is 0 Å². The second-order valence-corrected chi connectivity index (χ2v) is 7.53. The van der Waals surface area contributed by atoms with Crippen molar-refractivity contribution in [3.8, 4) is 5.75 Å². The number of benzene rings is 1. The van der Waals surface area contributed by atoms with Crippen LogP contribution >= 0.6 is 35.6 Å². The monoisotopic (exact) mass is 529 g/mol. The Morgan fingerprint density at radius 1 is 1.34 bits per heavy atom. The highest BCUT2D eigenvalue weighted by Crippen LogP contribution is 2.25. The van der Waals surface area contributed by atoms with Crippen LogP contribution in [0.3, 0.4) is 0 Å².